The van der Waals surface area contributed by atoms with E-state index in [1.807, 2.05) is 4.90 Å². The molecule has 3 nitrogen and oxygen atoms in total. The van der Waals surface area contributed by atoms with E-state index < -0.39 is 11.3 Å². The molecule has 1 aromatic heterocycles. The van der Waals surface area contributed by atoms with Crippen molar-refractivity contribution in [3.05, 3.63) is 29.4 Å². The first-order valence-corrected chi connectivity index (χ1v) is 7.42. The molecule has 0 amide bonds. The second-order valence-corrected chi connectivity index (χ2v) is 6.48. The lowest BCUT2D eigenvalue weighted by molar-refractivity contribution is 0.0575. The molecule has 1 aliphatic heterocycles. The van der Waals surface area contributed by atoms with E-state index in [4.69, 9.17) is 11.6 Å². The van der Waals surface area contributed by atoms with E-state index in [1.54, 1.807) is 24.4 Å². The van der Waals surface area contributed by atoms with Gasteiger partial charge in [0, 0.05) is 24.5 Å². The highest BCUT2D eigenvalue weighted by Crippen LogP contribution is 2.64. The molecule has 2 aliphatic rings. The van der Waals surface area contributed by atoms with Gasteiger partial charge in [0.25, 0.3) is 5.92 Å². The van der Waals surface area contributed by atoms with Gasteiger partial charge in [0.05, 0.1) is 22.6 Å². The van der Waals surface area contributed by atoms with E-state index in [1.165, 1.54) is 0 Å². The number of rotatable bonds is 1. The fraction of sp³-hybridized carbons (Fsp3) is 0.467. The number of hydrogen-bond acceptors (Lipinski definition) is 3. The maximum absolute atomic E-state index is 13.6. The Morgan fingerprint density at radius 3 is 2.81 bits per heavy atom. The van der Waals surface area contributed by atoms with E-state index in [9.17, 15) is 8.78 Å². The summed E-state index contributed by atoms with van der Waals surface area (Å²) in [6.07, 6.45) is 3.04. The SMILES string of the molecule is FC1(F)CC12CCCN(c1cnc3cc(Cl)ccc3n1)C2. The molecule has 6 heteroatoms. The predicted octanol–water partition coefficient (Wildman–Crippen LogP) is 3.91. The van der Waals surface area contributed by atoms with Gasteiger partial charge in [-0.15, -0.1) is 0 Å². The van der Waals surface area contributed by atoms with Crippen LogP contribution < -0.4 is 4.90 Å². The predicted molar refractivity (Wildman–Crippen MR) is 78.0 cm³/mol. The van der Waals surface area contributed by atoms with E-state index in [0.29, 0.717) is 23.8 Å². The Kier molecular flexibility index (Phi) is 2.67. The average molecular weight is 310 g/mol. The summed E-state index contributed by atoms with van der Waals surface area (Å²) in [6, 6.07) is 5.31. The Balaban J connectivity index is 1.65. The number of fused-ring (bicyclic) bond motifs is 1. The number of aromatic nitrogens is 2. The van der Waals surface area contributed by atoms with Crippen molar-refractivity contribution in [3.8, 4) is 0 Å². The van der Waals surface area contributed by atoms with Crippen LogP contribution in [0, 0.1) is 5.41 Å². The Morgan fingerprint density at radius 2 is 2.05 bits per heavy atom. The van der Waals surface area contributed by atoms with Crippen molar-refractivity contribution in [1.29, 1.82) is 0 Å². The topological polar surface area (TPSA) is 29.0 Å². The molecule has 110 valence electrons. The number of benzene rings is 1. The third kappa shape index (κ3) is 2.06. The van der Waals surface area contributed by atoms with Gasteiger partial charge in [-0.05, 0) is 31.0 Å². The first-order chi connectivity index (χ1) is 9.99. The van der Waals surface area contributed by atoms with Crippen LogP contribution in [0.3, 0.4) is 0 Å². The summed E-state index contributed by atoms with van der Waals surface area (Å²) in [5.74, 6) is -1.84. The molecule has 2 fully saturated rings. The molecular weight excluding hydrogens is 296 g/mol. The van der Waals surface area contributed by atoms with Crippen molar-refractivity contribution < 1.29 is 8.78 Å². The number of nitrogens with zero attached hydrogens (tertiary/aromatic N) is 3. The van der Waals surface area contributed by atoms with E-state index >= 15 is 0 Å². The monoisotopic (exact) mass is 309 g/mol. The third-order valence-electron chi connectivity index (χ3n) is 4.60. The fourth-order valence-electron chi connectivity index (χ4n) is 3.28. The van der Waals surface area contributed by atoms with Crippen LogP contribution in [0.4, 0.5) is 14.6 Å². The van der Waals surface area contributed by atoms with E-state index in [0.717, 1.165) is 24.0 Å². The van der Waals surface area contributed by atoms with E-state index in [2.05, 4.69) is 9.97 Å². The summed E-state index contributed by atoms with van der Waals surface area (Å²) in [7, 11) is 0. The number of alkyl halides is 2. The molecule has 1 spiro atoms. The highest BCUT2D eigenvalue weighted by molar-refractivity contribution is 6.31. The maximum Gasteiger partial charge on any atom is 0.256 e. The molecule has 0 bridgehead atoms. The van der Waals surface area contributed by atoms with E-state index in [-0.39, 0.29) is 6.42 Å². The summed E-state index contributed by atoms with van der Waals surface area (Å²) >= 11 is 5.92. The fourth-order valence-corrected chi connectivity index (χ4v) is 3.44. The van der Waals surface area contributed by atoms with Gasteiger partial charge in [0.15, 0.2) is 0 Å². The van der Waals surface area contributed by atoms with Gasteiger partial charge >= 0.3 is 0 Å². The molecule has 1 aromatic carbocycles. The van der Waals surface area contributed by atoms with Crippen LogP contribution in [-0.4, -0.2) is 29.0 Å². The normalized spacial score (nSPS) is 27.3. The van der Waals surface area contributed by atoms with Crippen LogP contribution in [0.25, 0.3) is 11.0 Å². The number of anilines is 1. The smallest absolute Gasteiger partial charge is 0.256 e. The quantitative estimate of drug-likeness (QED) is 0.800. The standard InChI is InChI=1S/C15H14ClF2N3/c16-10-2-3-11-12(6-10)19-7-13(20-11)21-5-1-4-14(9-21)8-15(14,17)18/h2-3,6-7H,1,4-5,8-9H2. The van der Waals surface area contributed by atoms with Gasteiger partial charge in [-0.1, -0.05) is 11.6 Å². The molecule has 2 heterocycles. The van der Waals surface area contributed by atoms with Gasteiger partial charge < -0.3 is 4.90 Å². The first-order valence-electron chi connectivity index (χ1n) is 7.04. The van der Waals surface area contributed by atoms with Crippen molar-refractivity contribution >= 4 is 28.5 Å². The molecule has 21 heavy (non-hydrogen) atoms. The van der Waals surface area contributed by atoms with Crippen molar-refractivity contribution in [2.24, 2.45) is 5.41 Å². The van der Waals surface area contributed by atoms with Gasteiger partial charge in [-0.3, -0.25) is 4.98 Å². The number of hydrogen-bond donors (Lipinski definition) is 0. The zero-order valence-corrected chi connectivity index (χ0v) is 12.1. The van der Waals surface area contributed by atoms with Gasteiger partial charge in [0.2, 0.25) is 0 Å². The highest BCUT2D eigenvalue weighted by Gasteiger charge is 2.71. The molecule has 2 aromatic rings. The summed E-state index contributed by atoms with van der Waals surface area (Å²) in [5, 5.41) is 0.610. The van der Waals surface area contributed by atoms with Crippen LogP contribution in [0.2, 0.25) is 5.02 Å². The zero-order valence-electron chi connectivity index (χ0n) is 11.3. The minimum atomic E-state index is -2.51. The largest absolute Gasteiger partial charge is 0.355 e. The molecular formula is C15H14ClF2N3. The first kappa shape index (κ1) is 13.2. The molecule has 1 atom stereocenters. The van der Waals surface area contributed by atoms with Crippen molar-refractivity contribution in [2.75, 3.05) is 18.0 Å². The van der Waals surface area contributed by atoms with Crippen LogP contribution in [0.1, 0.15) is 19.3 Å². The van der Waals surface area contributed by atoms with Crippen LogP contribution >= 0.6 is 11.6 Å². The molecule has 1 saturated heterocycles. The van der Waals surface area contributed by atoms with Gasteiger partial charge in [0.1, 0.15) is 5.82 Å². The number of halogens is 3. The minimum absolute atomic E-state index is 0.00706. The summed E-state index contributed by atoms with van der Waals surface area (Å²) in [5.41, 5.74) is 0.621. The van der Waals surface area contributed by atoms with Crippen molar-refractivity contribution in [1.82, 2.24) is 9.97 Å². The Morgan fingerprint density at radius 1 is 1.24 bits per heavy atom. The Hall–Kier alpha value is -1.49. The molecule has 1 saturated carbocycles. The van der Waals surface area contributed by atoms with Gasteiger partial charge in [-0.2, -0.15) is 0 Å². The highest BCUT2D eigenvalue weighted by atomic mass is 35.5. The van der Waals surface area contributed by atoms with Crippen molar-refractivity contribution in [3.63, 3.8) is 0 Å². The lowest BCUT2D eigenvalue weighted by Gasteiger charge is -2.33. The lowest BCUT2D eigenvalue weighted by atomic mass is 9.94. The van der Waals surface area contributed by atoms with Gasteiger partial charge in [-0.25, -0.2) is 13.8 Å². The number of piperidine rings is 1. The molecule has 0 radical (unpaired) electrons. The maximum atomic E-state index is 13.6. The summed E-state index contributed by atoms with van der Waals surface area (Å²) in [6.45, 7) is 1.12. The van der Waals surface area contributed by atoms with Crippen LogP contribution in [0.15, 0.2) is 24.4 Å². The van der Waals surface area contributed by atoms with Crippen molar-refractivity contribution in [2.45, 2.75) is 25.2 Å². The Bertz CT molecular complexity index is 721. The summed E-state index contributed by atoms with van der Waals surface area (Å²) < 4.78 is 27.2. The summed E-state index contributed by atoms with van der Waals surface area (Å²) in [4.78, 5) is 10.8. The third-order valence-corrected chi connectivity index (χ3v) is 4.84. The second kappa shape index (κ2) is 4.26. The molecule has 1 aliphatic carbocycles. The average Bonchev–Trinajstić information content (AvgIpc) is 2.97. The Labute approximate surface area is 125 Å². The second-order valence-electron chi connectivity index (χ2n) is 6.05. The molecule has 0 N–H and O–H groups in total. The minimum Gasteiger partial charge on any atom is -0.355 e. The van der Waals surface area contributed by atoms with Crippen LogP contribution in [-0.2, 0) is 0 Å². The van der Waals surface area contributed by atoms with Crippen LogP contribution in [0.5, 0.6) is 0 Å². The zero-order chi connectivity index (χ0) is 14.7. The molecule has 1 unspecified atom stereocenters. The lowest BCUT2D eigenvalue weighted by Crippen LogP contribution is -2.39. The molecule has 4 rings (SSSR count).